The SMILES string of the molecule is COCCN(Cc1ccc(-c2cc3nccc(Oc4ccc(CC(=S)CC(=O)Cc5ccc(F)cc5)cc4F)c3s2)nc1)C(=O)OC(C)(C)C. The van der Waals surface area contributed by atoms with E-state index in [-0.39, 0.29) is 36.6 Å². The van der Waals surface area contributed by atoms with E-state index in [0.717, 1.165) is 15.1 Å². The minimum Gasteiger partial charge on any atom is -0.453 e. The van der Waals surface area contributed by atoms with E-state index in [1.54, 1.807) is 54.7 Å². The average molecular weight is 718 g/mol. The number of aromatic nitrogens is 2. The lowest BCUT2D eigenvalue weighted by Crippen LogP contribution is -2.38. The summed E-state index contributed by atoms with van der Waals surface area (Å²) in [6.45, 7) is 6.52. The van der Waals surface area contributed by atoms with E-state index in [9.17, 15) is 14.0 Å². The van der Waals surface area contributed by atoms with Gasteiger partial charge in [0.05, 0.1) is 33.9 Å². The van der Waals surface area contributed by atoms with Crippen LogP contribution in [0.2, 0.25) is 0 Å². The zero-order valence-corrected chi connectivity index (χ0v) is 29.8. The molecule has 1 amide bonds. The van der Waals surface area contributed by atoms with Crippen molar-refractivity contribution >= 4 is 50.5 Å². The maximum absolute atomic E-state index is 15.2. The summed E-state index contributed by atoms with van der Waals surface area (Å²) in [6.07, 6.45) is 3.37. The molecule has 5 rings (SSSR count). The Bertz CT molecular complexity index is 1980. The van der Waals surface area contributed by atoms with Gasteiger partial charge < -0.3 is 19.1 Å². The van der Waals surface area contributed by atoms with Crippen molar-refractivity contribution in [2.75, 3.05) is 20.3 Å². The van der Waals surface area contributed by atoms with Crippen LogP contribution < -0.4 is 4.74 Å². The van der Waals surface area contributed by atoms with E-state index >= 15 is 4.39 Å². The van der Waals surface area contributed by atoms with E-state index < -0.39 is 17.5 Å². The number of hydrogen-bond donors (Lipinski definition) is 0. The van der Waals surface area contributed by atoms with E-state index in [1.165, 1.54) is 29.5 Å². The highest BCUT2D eigenvalue weighted by Gasteiger charge is 2.22. The third kappa shape index (κ3) is 10.2. The number of carbonyl (C=O) groups is 2. The molecule has 0 bridgehead atoms. The van der Waals surface area contributed by atoms with Crippen LogP contribution in [0.15, 0.2) is 79.1 Å². The number of benzene rings is 2. The van der Waals surface area contributed by atoms with Gasteiger partial charge >= 0.3 is 6.09 Å². The second kappa shape index (κ2) is 16.4. The summed E-state index contributed by atoms with van der Waals surface area (Å²) in [6, 6.07) is 17.8. The minimum absolute atomic E-state index is 0.0417. The number of thiocarbonyl (C=S) groups is 1. The van der Waals surface area contributed by atoms with Crippen LogP contribution in [0.25, 0.3) is 20.8 Å². The number of Topliss-reactive ketones (excluding diaryl/α,β-unsaturated/α-hetero) is 1. The fourth-order valence-electron chi connectivity index (χ4n) is 5.03. The molecule has 2 aromatic carbocycles. The molecule has 0 atom stereocenters. The Kier molecular flexibility index (Phi) is 12.0. The average Bonchev–Trinajstić information content (AvgIpc) is 3.50. The van der Waals surface area contributed by atoms with Gasteiger partial charge in [-0.15, -0.1) is 11.3 Å². The van der Waals surface area contributed by atoms with Crippen LogP contribution in [0, 0.1) is 11.6 Å². The van der Waals surface area contributed by atoms with Crippen LogP contribution in [0.1, 0.15) is 43.9 Å². The summed E-state index contributed by atoms with van der Waals surface area (Å²) in [4.78, 5) is 37.2. The topological polar surface area (TPSA) is 90.9 Å². The maximum atomic E-state index is 15.2. The zero-order chi connectivity index (χ0) is 35.8. The van der Waals surface area contributed by atoms with E-state index in [0.29, 0.717) is 52.6 Å². The quantitative estimate of drug-likeness (QED) is 0.105. The first kappa shape index (κ1) is 36.6. The van der Waals surface area contributed by atoms with Crippen molar-refractivity contribution in [2.24, 2.45) is 0 Å². The number of fused-ring (bicyclic) bond motifs is 1. The van der Waals surface area contributed by atoms with Crippen LogP contribution in [0.3, 0.4) is 0 Å². The molecule has 0 aliphatic rings. The van der Waals surface area contributed by atoms with Crippen LogP contribution in [0.5, 0.6) is 11.5 Å². The molecule has 0 radical (unpaired) electrons. The molecule has 3 aromatic heterocycles. The molecule has 0 fully saturated rings. The molecular formula is C38H37F2N3O5S2. The molecule has 8 nitrogen and oxygen atoms in total. The highest BCUT2D eigenvalue weighted by molar-refractivity contribution is 7.80. The van der Waals surface area contributed by atoms with E-state index in [1.807, 2.05) is 39.0 Å². The Balaban J connectivity index is 1.23. The Morgan fingerprint density at radius 2 is 1.64 bits per heavy atom. The van der Waals surface area contributed by atoms with Crippen LogP contribution in [-0.2, 0) is 33.7 Å². The monoisotopic (exact) mass is 717 g/mol. The van der Waals surface area contributed by atoms with E-state index in [4.69, 9.17) is 26.4 Å². The van der Waals surface area contributed by atoms with Crippen LogP contribution in [0.4, 0.5) is 13.6 Å². The van der Waals surface area contributed by atoms with Crippen LogP contribution in [-0.4, -0.2) is 57.5 Å². The van der Waals surface area contributed by atoms with Gasteiger partial charge in [-0.1, -0.05) is 36.5 Å². The van der Waals surface area contributed by atoms with Gasteiger partial charge in [0.15, 0.2) is 11.6 Å². The standard InChI is InChI=1S/C38H37F2N3O5S2/c1-38(2,3)48-37(45)43(15-16-46-4)23-26-7-11-31(42-22-26)35-21-32-36(50-35)34(13-14-41-32)47-33-12-8-25(19-30(33)40)18-29(49)20-28(44)17-24-5-9-27(39)10-6-24/h5-14,19,21-22H,15-18,20,23H2,1-4H3. The highest BCUT2D eigenvalue weighted by Crippen LogP contribution is 2.39. The Labute approximate surface area is 299 Å². The number of nitrogens with zero attached hydrogens (tertiary/aromatic N) is 3. The first-order chi connectivity index (χ1) is 23.9. The Hall–Kier alpha value is -4.65. The van der Waals surface area contributed by atoms with Crippen molar-refractivity contribution in [3.05, 3.63) is 107 Å². The molecule has 0 aliphatic carbocycles. The third-order valence-corrected chi connectivity index (χ3v) is 8.82. The number of methoxy groups -OCH3 is 1. The Morgan fingerprint density at radius 1 is 0.900 bits per heavy atom. The van der Waals surface area contributed by atoms with Gasteiger partial charge in [0.1, 0.15) is 23.0 Å². The fourth-order valence-corrected chi connectivity index (χ4v) is 6.40. The minimum atomic E-state index is -0.622. The molecule has 12 heteroatoms. The Morgan fingerprint density at radius 3 is 2.32 bits per heavy atom. The largest absolute Gasteiger partial charge is 0.453 e. The normalized spacial score (nSPS) is 11.4. The second-order valence-electron chi connectivity index (χ2n) is 12.7. The van der Waals surface area contributed by atoms with Gasteiger partial charge in [0.2, 0.25) is 0 Å². The molecule has 50 heavy (non-hydrogen) atoms. The van der Waals surface area contributed by atoms with Gasteiger partial charge in [0, 0.05) is 56.2 Å². The lowest BCUT2D eigenvalue weighted by molar-refractivity contribution is -0.117. The molecule has 260 valence electrons. The van der Waals surface area contributed by atoms with Gasteiger partial charge in [-0.3, -0.25) is 14.8 Å². The predicted molar refractivity (Wildman–Crippen MR) is 194 cm³/mol. The summed E-state index contributed by atoms with van der Waals surface area (Å²) >= 11 is 6.84. The molecule has 3 heterocycles. The number of ether oxygens (including phenoxy) is 3. The maximum Gasteiger partial charge on any atom is 0.410 e. The van der Waals surface area contributed by atoms with Crippen LogP contribution >= 0.6 is 23.6 Å². The molecule has 0 spiro atoms. The molecule has 0 unspecified atom stereocenters. The summed E-state index contributed by atoms with van der Waals surface area (Å²) in [7, 11) is 1.58. The molecular weight excluding hydrogens is 681 g/mol. The van der Waals surface area contributed by atoms with Gasteiger partial charge in [-0.25, -0.2) is 13.6 Å². The van der Waals surface area contributed by atoms with Crippen molar-refractivity contribution < 1.29 is 32.6 Å². The molecule has 0 saturated heterocycles. The highest BCUT2D eigenvalue weighted by atomic mass is 32.1. The molecule has 0 N–H and O–H groups in total. The number of hydrogen-bond acceptors (Lipinski definition) is 9. The number of rotatable bonds is 14. The summed E-state index contributed by atoms with van der Waals surface area (Å²) in [5, 5.41) is 0. The van der Waals surface area contributed by atoms with Gasteiger partial charge in [-0.05, 0) is 73.9 Å². The summed E-state index contributed by atoms with van der Waals surface area (Å²) in [5.74, 6) is -0.525. The first-order valence-electron chi connectivity index (χ1n) is 15.9. The van der Waals surface area contributed by atoms with E-state index in [2.05, 4.69) is 9.97 Å². The zero-order valence-electron chi connectivity index (χ0n) is 28.2. The molecule has 5 aromatic rings. The molecule has 0 saturated carbocycles. The predicted octanol–water partition coefficient (Wildman–Crippen LogP) is 8.93. The third-order valence-electron chi connectivity index (χ3n) is 7.37. The lowest BCUT2D eigenvalue weighted by Gasteiger charge is -2.27. The molecule has 0 aliphatic heterocycles. The number of pyridine rings is 2. The summed E-state index contributed by atoms with van der Waals surface area (Å²) in [5.41, 5.74) is 2.93. The van der Waals surface area contributed by atoms with Crippen molar-refractivity contribution in [3.63, 3.8) is 0 Å². The number of carbonyl (C=O) groups excluding carboxylic acids is 2. The number of halogens is 2. The lowest BCUT2D eigenvalue weighted by atomic mass is 10.0. The van der Waals surface area contributed by atoms with Gasteiger partial charge in [-0.2, -0.15) is 0 Å². The summed E-state index contributed by atoms with van der Waals surface area (Å²) < 4.78 is 45.9. The van der Waals surface area contributed by atoms with Crippen molar-refractivity contribution in [2.45, 2.75) is 52.2 Å². The van der Waals surface area contributed by atoms with Gasteiger partial charge in [0.25, 0.3) is 0 Å². The number of ketones is 1. The fraction of sp³-hybridized carbons (Fsp3) is 0.289. The van der Waals surface area contributed by atoms with Crippen molar-refractivity contribution in [1.29, 1.82) is 0 Å². The smallest absolute Gasteiger partial charge is 0.410 e. The number of thiophene rings is 1. The second-order valence-corrected chi connectivity index (χ2v) is 14.3. The number of amides is 1. The van der Waals surface area contributed by atoms with Crippen molar-refractivity contribution in [3.8, 4) is 22.1 Å². The first-order valence-corrected chi connectivity index (χ1v) is 17.1. The van der Waals surface area contributed by atoms with Crippen molar-refractivity contribution in [1.82, 2.24) is 14.9 Å².